The number of hydrogen-bond donors (Lipinski definition) is 0. The van der Waals surface area contributed by atoms with Crippen LogP contribution in [-0.2, 0) is 17.8 Å². The monoisotopic (exact) mass is 483 g/mol. The Kier molecular flexibility index (Phi) is 6.94. The number of thiocarbonyl (C=S) groups is 1. The maximum absolute atomic E-state index is 13.8. The number of thioether (sulfide) groups is 1. The van der Waals surface area contributed by atoms with E-state index in [1.165, 1.54) is 23.4 Å². The van der Waals surface area contributed by atoms with E-state index in [1.54, 1.807) is 47.4 Å². The van der Waals surface area contributed by atoms with Crippen molar-refractivity contribution in [2.45, 2.75) is 20.0 Å². The van der Waals surface area contributed by atoms with Crippen molar-refractivity contribution in [3.05, 3.63) is 99.2 Å². The Hall–Kier alpha value is -2.67. The maximum atomic E-state index is 13.8. The number of hydrogen-bond acceptors (Lipinski definition) is 4. The van der Waals surface area contributed by atoms with Crippen molar-refractivity contribution in [3.63, 3.8) is 0 Å². The van der Waals surface area contributed by atoms with Gasteiger partial charge in [-0.1, -0.05) is 78.9 Å². The van der Waals surface area contributed by atoms with E-state index in [0.29, 0.717) is 25.6 Å². The van der Waals surface area contributed by atoms with Gasteiger partial charge in [-0.3, -0.25) is 9.69 Å². The molecule has 0 atom stereocenters. The molecule has 1 aliphatic heterocycles. The van der Waals surface area contributed by atoms with Gasteiger partial charge in [0, 0.05) is 5.56 Å². The number of amides is 1. The Morgan fingerprint density at radius 2 is 1.88 bits per heavy atom. The Balaban J connectivity index is 1.49. The predicted octanol–water partition coefficient (Wildman–Crippen LogP) is 7.03. The molecule has 0 saturated carbocycles. The number of anilines is 1. The molecule has 7 heteroatoms. The molecule has 1 aliphatic rings. The van der Waals surface area contributed by atoms with E-state index in [-0.39, 0.29) is 18.3 Å². The second-order valence-electron chi connectivity index (χ2n) is 7.11. The first-order valence-electron chi connectivity index (χ1n) is 9.99. The third-order valence-electron chi connectivity index (χ3n) is 4.99. The van der Waals surface area contributed by atoms with E-state index in [9.17, 15) is 9.18 Å². The zero-order chi connectivity index (χ0) is 22.7. The van der Waals surface area contributed by atoms with Gasteiger partial charge in [0.25, 0.3) is 5.91 Å². The SMILES string of the molecule is CCc1ccc(N2C(=O)C(=Cc3ccc(OCc4ccccc4F)c(Cl)c3)SC2=S)cc1. The Labute approximate surface area is 200 Å². The molecule has 1 amide bonds. The zero-order valence-corrected chi connectivity index (χ0v) is 19.6. The van der Waals surface area contributed by atoms with Crippen LogP contribution in [0.4, 0.5) is 10.1 Å². The van der Waals surface area contributed by atoms with Gasteiger partial charge >= 0.3 is 0 Å². The highest BCUT2D eigenvalue weighted by Crippen LogP contribution is 2.37. The molecule has 0 aromatic heterocycles. The lowest BCUT2D eigenvalue weighted by Crippen LogP contribution is -2.27. The molecule has 0 bridgehead atoms. The molecule has 162 valence electrons. The number of carbonyl (C=O) groups excluding carboxylic acids is 1. The van der Waals surface area contributed by atoms with E-state index < -0.39 is 0 Å². The summed E-state index contributed by atoms with van der Waals surface area (Å²) in [5.74, 6) is -0.0533. The number of rotatable bonds is 6. The van der Waals surface area contributed by atoms with Gasteiger partial charge < -0.3 is 4.74 Å². The summed E-state index contributed by atoms with van der Waals surface area (Å²) in [6.45, 7) is 2.15. The molecular weight excluding hydrogens is 465 g/mol. The molecule has 32 heavy (non-hydrogen) atoms. The molecule has 0 N–H and O–H groups in total. The average molecular weight is 484 g/mol. The van der Waals surface area contributed by atoms with Gasteiger partial charge in [-0.15, -0.1) is 0 Å². The van der Waals surface area contributed by atoms with Crippen LogP contribution in [0.1, 0.15) is 23.6 Å². The second kappa shape index (κ2) is 9.86. The van der Waals surface area contributed by atoms with Crippen LogP contribution < -0.4 is 9.64 Å². The van der Waals surface area contributed by atoms with E-state index in [4.69, 9.17) is 28.6 Å². The van der Waals surface area contributed by atoms with E-state index >= 15 is 0 Å². The number of nitrogens with zero attached hydrogens (tertiary/aromatic N) is 1. The summed E-state index contributed by atoms with van der Waals surface area (Å²) in [4.78, 5) is 15.0. The van der Waals surface area contributed by atoms with E-state index in [1.807, 2.05) is 24.3 Å². The quantitative estimate of drug-likeness (QED) is 0.278. The fourth-order valence-corrected chi connectivity index (χ4v) is 4.76. The van der Waals surface area contributed by atoms with Crippen LogP contribution in [0, 0.1) is 5.82 Å². The molecule has 0 unspecified atom stereocenters. The highest BCUT2D eigenvalue weighted by atomic mass is 35.5. The first-order chi connectivity index (χ1) is 15.5. The Bertz CT molecular complexity index is 1210. The van der Waals surface area contributed by atoms with Crippen LogP contribution in [0.15, 0.2) is 71.6 Å². The number of halogens is 2. The maximum Gasteiger partial charge on any atom is 0.270 e. The van der Waals surface area contributed by atoms with Crippen molar-refractivity contribution < 1.29 is 13.9 Å². The molecule has 0 radical (unpaired) electrons. The van der Waals surface area contributed by atoms with Crippen LogP contribution in [-0.4, -0.2) is 10.2 Å². The Morgan fingerprint density at radius 3 is 2.56 bits per heavy atom. The van der Waals surface area contributed by atoms with Crippen LogP contribution in [0.3, 0.4) is 0 Å². The van der Waals surface area contributed by atoms with Gasteiger partial charge in [-0.05, 0) is 54.0 Å². The summed E-state index contributed by atoms with van der Waals surface area (Å²) in [6, 6.07) is 19.5. The summed E-state index contributed by atoms with van der Waals surface area (Å²) in [6.07, 6.45) is 2.69. The summed E-state index contributed by atoms with van der Waals surface area (Å²) < 4.78 is 19.9. The molecule has 0 aliphatic carbocycles. The molecular formula is C25H19ClFNO2S2. The fourth-order valence-electron chi connectivity index (χ4n) is 3.22. The van der Waals surface area contributed by atoms with Crippen molar-refractivity contribution in [1.82, 2.24) is 0 Å². The minimum absolute atomic E-state index is 0.0707. The van der Waals surface area contributed by atoms with Crippen LogP contribution in [0.5, 0.6) is 5.75 Å². The summed E-state index contributed by atoms with van der Waals surface area (Å²) in [7, 11) is 0. The predicted molar refractivity (Wildman–Crippen MR) is 134 cm³/mol. The number of carbonyl (C=O) groups is 1. The van der Waals surface area contributed by atoms with Crippen molar-refractivity contribution in [3.8, 4) is 5.75 Å². The average Bonchev–Trinajstić information content (AvgIpc) is 3.07. The number of aryl methyl sites for hydroxylation is 1. The largest absolute Gasteiger partial charge is 0.487 e. The zero-order valence-electron chi connectivity index (χ0n) is 17.2. The molecule has 1 saturated heterocycles. The normalized spacial score (nSPS) is 15.0. The Morgan fingerprint density at radius 1 is 1.12 bits per heavy atom. The molecule has 1 heterocycles. The minimum Gasteiger partial charge on any atom is -0.487 e. The van der Waals surface area contributed by atoms with Crippen LogP contribution in [0.25, 0.3) is 6.08 Å². The van der Waals surface area contributed by atoms with Crippen molar-refractivity contribution in [2.75, 3.05) is 4.90 Å². The molecule has 3 aromatic rings. The highest BCUT2D eigenvalue weighted by molar-refractivity contribution is 8.27. The van der Waals surface area contributed by atoms with Crippen LogP contribution >= 0.6 is 35.6 Å². The van der Waals surface area contributed by atoms with Crippen molar-refractivity contribution in [2.24, 2.45) is 0 Å². The van der Waals surface area contributed by atoms with E-state index in [0.717, 1.165) is 17.7 Å². The van der Waals surface area contributed by atoms with Gasteiger partial charge in [0.05, 0.1) is 15.6 Å². The summed E-state index contributed by atoms with van der Waals surface area (Å²) in [5, 5.41) is 0.376. The van der Waals surface area contributed by atoms with Gasteiger partial charge in [0.2, 0.25) is 0 Å². The van der Waals surface area contributed by atoms with Gasteiger partial charge in [0.15, 0.2) is 4.32 Å². The first kappa shape index (κ1) is 22.5. The fraction of sp³-hybridized carbons (Fsp3) is 0.120. The lowest BCUT2D eigenvalue weighted by molar-refractivity contribution is -0.113. The number of benzene rings is 3. The lowest BCUT2D eigenvalue weighted by atomic mass is 10.1. The third kappa shape index (κ3) is 4.88. The summed E-state index contributed by atoms with van der Waals surface area (Å²) >= 11 is 13.1. The molecule has 0 spiro atoms. The standard InChI is InChI=1S/C25H19ClFNO2S2/c1-2-16-7-10-19(11-8-16)28-24(29)23(32-25(28)31)14-17-9-12-22(20(26)13-17)30-15-18-5-3-4-6-21(18)27/h3-14H,2,15H2,1H3. The summed E-state index contributed by atoms with van der Waals surface area (Å²) in [5.41, 5.74) is 3.14. The first-order valence-corrected chi connectivity index (χ1v) is 11.6. The minimum atomic E-state index is -0.327. The van der Waals surface area contributed by atoms with Gasteiger partial charge in [0.1, 0.15) is 18.2 Å². The topological polar surface area (TPSA) is 29.5 Å². The van der Waals surface area contributed by atoms with Crippen LogP contribution in [0.2, 0.25) is 5.02 Å². The number of ether oxygens (including phenoxy) is 1. The highest BCUT2D eigenvalue weighted by Gasteiger charge is 2.33. The van der Waals surface area contributed by atoms with E-state index in [2.05, 4.69) is 6.92 Å². The van der Waals surface area contributed by atoms with Crippen molar-refractivity contribution in [1.29, 1.82) is 0 Å². The lowest BCUT2D eigenvalue weighted by Gasteiger charge is -2.14. The smallest absolute Gasteiger partial charge is 0.270 e. The molecule has 4 rings (SSSR count). The van der Waals surface area contributed by atoms with Gasteiger partial charge in [-0.25, -0.2) is 4.39 Å². The van der Waals surface area contributed by atoms with Crippen molar-refractivity contribution >= 4 is 57.6 Å². The molecule has 3 nitrogen and oxygen atoms in total. The molecule has 1 fully saturated rings. The molecule has 3 aromatic carbocycles. The van der Waals surface area contributed by atoms with Gasteiger partial charge in [-0.2, -0.15) is 0 Å². The third-order valence-corrected chi connectivity index (χ3v) is 6.59. The second-order valence-corrected chi connectivity index (χ2v) is 9.19.